The normalized spacial score (nSPS) is 11.1. The summed E-state index contributed by atoms with van der Waals surface area (Å²) in [6.07, 6.45) is -0.0916. The molecule has 1 heterocycles. The van der Waals surface area contributed by atoms with Gasteiger partial charge in [0.05, 0.1) is 0 Å². The molecule has 0 bridgehead atoms. The molecule has 0 saturated carbocycles. The van der Waals surface area contributed by atoms with Gasteiger partial charge in [-0.2, -0.15) is 5.10 Å². The molecule has 0 spiro atoms. The maximum atomic E-state index is 11.4. The van der Waals surface area contributed by atoms with Crippen LogP contribution in [-0.4, -0.2) is 28.4 Å². The number of rotatable bonds is 3. The topological polar surface area (TPSA) is 84.1 Å². The summed E-state index contributed by atoms with van der Waals surface area (Å²) in [4.78, 5) is 22.4. The third-order valence-corrected chi connectivity index (χ3v) is 2.22. The second-order valence-electron chi connectivity index (χ2n) is 4.73. The number of aromatic nitrogens is 2. The summed E-state index contributed by atoms with van der Waals surface area (Å²) >= 11 is 5.79. The molecule has 100 valence electrons. The highest BCUT2D eigenvalue weighted by atomic mass is 35.5. The molecular formula is C11H16ClN3O3. The van der Waals surface area contributed by atoms with E-state index in [9.17, 15) is 9.59 Å². The standard InChI is InChI=1S/C11H16ClN3O3/c1-11(2,3)18-10(17)13-5-4-7-6-8(16)14-15-9(7)12/h6H,4-5H2,1-3H3,(H,13,17)(H,14,16). The molecule has 0 atom stereocenters. The van der Waals surface area contributed by atoms with Gasteiger partial charge in [-0.05, 0) is 32.8 Å². The number of hydrogen-bond donors (Lipinski definition) is 2. The fourth-order valence-electron chi connectivity index (χ4n) is 1.21. The molecule has 0 aliphatic rings. The summed E-state index contributed by atoms with van der Waals surface area (Å²) < 4.78 is 5.06. The minimum Gasteiger partial charge on any atom is -0.444 e. The number of nitrogens with one attached hydrogen (secondary N) is 2. The van der Waals surface area contributed by atoms with Gasteiger partial charge in [0, 0.05) is 12.6 Å². The maximum absolute atomic E-state index is 11.4. The zero-order chi connectivity index (χ0) is 13.8. The molecule has 1 aromatic heterocycles. The SMILES string of the molecule is CC(C)(C)OC(=O)NCCc1cc(=O)[nH]nc1Cl. The van der Waals surface area contributed by atoms with Crippen LogP contribution in [0.4, 0.5) is 4.79 Å². The van der Waals surface area contributed by atoms with E-state index in [0.29, 0.717) is 18.5 Å². The number of hydrogen-bond acceptors (Lipinski definition) is 4. The van der Waals surface area contributed by atoms with Crippen molar-refractivity contribution in [2.45, 2.75) is 32.8 Å². The summed E-state index contributed by atoms with van der Waals surface area (Å²) in [5.41, 5.74) is -0.282. The number of aromatic amines is 1. The van der Waals surface area contributed by atoms with Crippen LogP contribution in [0.2, 0.25) is 5.15 Å². The molecule has 0 fully saturated rings. The Labute approximate surface area is 110 Å². The largest absolute Gasteiger partial charge is 0.444 e. The first-order valence-electron chi connectivity index (χ1n) is 5.49. The van der Waals surface area contributed by atoms with Crippen molar-refractivity contribution in [1.82, 2.24) is 15.5 Å². The quantitative estimate of drug-likeness (QED) is 0.874. The predicted molar refractivity (Wildman–Crippen MR) is 67.8 cm³/mol. The number of amides is 1. The zero-order valence-electron chi connectivity index (χ0n) is 10.5. The molecule has 0 aromatic carbocycles. The average molecular weight is 274 g/mol. The Balaban J connectivity index is 2.45. The van der Waals surface area contributed by atoms with Crippen LogP contribution in [0.25, 0.3) is 0 Å². The number of ether oxygens (including phenoxy) is 1. The van der Waals surface area contributed by atoms with Gasteiger partial charge in [-0.15, -0.1) is 0 Å². The summed E-state index contributed by atoms with van der Waals surface area (Å²) in [5.74, 6) is 0. The van der Waals surface area contributed by atoms with Crippen molar-refractivity contribution in [2.75, 3.05) is 6.54 Å². The summed E-state index contributed by atoms with van der Waals surface area (Å²) in [6, 6.07) is 1.35. The van der Waals surface area contributed by atoms with Gasteiger partial charge >= 0.3 is 6.09 Å². The molecule has 2 N–H and O–H groups in total. The van der Waals surface area contributed by atoms with Gasteiger partial charge < -0.3 is 10.1 Å². The Hall–Kier alpha value is -1.56. The van der Waals surface area contributed by atoms with Crippen LogP contribution in [0.1, 0.15) is 26.3 Å². The minimum absolute atomic E-state index is 0.223. The zero-order valence-corrected chi connectivity index (χ0v) is 11.3. The van der Waals surface area contributed by atoms with Gasteiger partial charge in [-0.3, -0.25) is 4.79 Å². The van der Waals surface area contributed by atoms with Gasteiger partial charge in [-0.25, -0.2) is 9.89 Å². The van der Waals surface area contributed by atoms with Gasteiger partial charge in [0.25, 0.3) is 5.56 Å². The number of H-pyrrole nitrogens is 1. The van der Waals surface area contributed by atoms with E-state index >= 15 is 0 Å². The average Bonchev–Trinajstić information content (AvgIpc) is 2.20. The van der Waals surface area contributed by atoms with Crippen LogP contribution in [0, 0.1) is 0 Å². The third kappa shape index (κ3) is 5.18. The lowest BCUT2D eigenvalue weighted by atomic mass is 10.2. The van der Waals surface area contributed by atoms with Crippen LogP contribution < -0.4 is 10.9 Å². The van der Waals surface area contributed by atoms with E-state index in [0.717, 1.165) is 0 Å². The number of carbonyl (C=O) groups is 1. The van der Waals surface area contributed by atoms with Gasteiger partial charge in [0.15, 0.2) is 5.15 Å². The lowest BCUT2D eigenvalue weighted by Gasteiger charge is -2.19. The van der Waals surface area contributed by atoms with E-state index < -0.39 is 11.7 Å². The number of halogens is 1. The van der Waals surface area contributed by atoms with E-state index in [4.69, 9.17) is 16.3 Å². The second kappa shape index (κ2) is 5.86. The maximum Gasteiger partial charge on any atom is 0.407 e. The molecule has 1 aromatic rings. The first kappa shape index (κ1) is 14.5. The third-order valence-electron chi connectivity index (χ3n) is 1.90. The van der Waals surface area contributed by atoms with E-state index in [-0.39, 0.29) is 10.7 Å². The first-order chi connectivity index (χ1) is 8.28. The Morgan fingerprint density at radius 1 is 1.56 bits per heavy atom. The smallest absolute Gasteiger partial charge is 0.407 e. The fourth-order valence-corrected chi connectivity index (χ4v) is 1.41. The number of alkyl carbamates (subject to hydrolysis) is 1. The van der Waals surface area contributed by atoms with E-state index in [2.05, 4.69) is 15.5 Å². The summed E-state index contributed by atoms with van der Waals surface area (Å²) in [6.45, 7) is 5.66. The van der Waals surface area contributed by atoms with Crippen molar-refractivity contribution in [1.29, 1.82) is 0 Å². The Kier molecular flexibility index (Phi) is 4.72. The highest BCUT2D eigenvalue weighted by molar-refractivity contribution is 6.30. The van der Waals surface area contributed by atoms with E-state index in [1.165, 1.54) is 6.07 Å². The van der Waals surface area contributed by atoms with Crippen LogP contribution in [0.3, 0.4) is 0 Å². The Bertz CT molecular complexity index is 479. The molecule has 0 saturated heterocycles. The van der Waals surface area contributed by atoms with Gasteiger partial charge in [0.1, 0.15) is 5.60 Å². The van der Waals surface area contributed by atoms with Crippen molar-refractivity contribution in [3.05, 3.63) is 27.1 Å². The van der Waals surface area contributed by atoms with E-state index in [1.807, 2.05) is 0 Å². The van der Waals surface area contributed by atoms with Crippen LogP contribution >= 0.6 is 11.6 Å². The molecule has 0 aliphatic carbocycles. The molecule has 0 unspecified atom stereocenters. The van der Waals surface area contributed by atoms with Gasteiger partial charge in [0.2, 0.25) is 0 Å². The molecule has 0 radical (unpaired) electrons. The molecule has 7 heteroatoms. The van der Waals surface area contributed by atoms with Crippen molar-refractivity contribution in [3.63, 3.8) is 0 Å². The summed E-state index contributed by atoms with van der Waals surface area (Å²) in [7, 11) is 0. The predicted octanol–water partition coefficient (Wildman–Crippen LogP) is 1.49. The Morgan fingerprint density at radius 3 is 2.83 bits per heavy atom. The van der Waals surface area contributed by atoms with E-state index in [1.54, 1.807) is 20.8 Å². The van der Waals surface area contributed by atoms with Crippen LogP contribution in [0.5, 0.6) is 0 Å². The second-order valence-corrected chi connectivity index (χ2v) is 5.08. The monoisotopic (exact) mass is 273 g/mol. The molecular weight excluding hydrogens is 258 g/mol. The molecule has 6 nitrogen and oxygen atoms in total. The van der Waals surface area contributed by atoms with Crippen LogP contribution in [0.15, 0.2) is 10.9 Å². The fraction of sp³-hybridized carbons (Fsp3) is 0.545. The lowest BCUT2D eigenvalue weighted by Crippen LogP contribution is -2.33. The highest BCUT2D eigenvalue weighted by Crippen LogP contribution is 2.09. The van der Waals surface area contributed by atoms with Crippen molar-refractivity contribution in [2.24, 2.45) is 0 Å². The highest BCUT2D eigenvalue weighted by Gasteiger charge is 2.15. The van der Waals surface area contributed by atoms with Crippen LogP contribution in [-0.2, 0) is 11.2 Å². The molecule has 1 rings (SSSR count). The molecule has 1 amide bonds. The number of carbonyl (C=O) groups excluding carboxylic acids is 1. The number of nitrogens with zero attached hydrogens (tertiary/aromatic N) is 1. The van der Waals surface area contributed by atoms with Crippen molar-refractivity contribution in [3.8, 4) is 0 Å². The Morgan fingerprint density at radius 2 is 2.22 bits per heavy atom. The molecule has 0 aliphatic heterocycles. The van der Waals surface area contributed by atoms with Crippen molar-refractivity contribution >= 4 is 17.7 Å². The summed E-state index contributed by atoms with van der Waals surface area (Å²) in [5, 5.41) is 8.64. The minimum atomic E-state index is -0.535. The van der Waals surface area contributed by atoms with Crippen molar-refractivity contribution < 1.29 is 9.53 Å². The molecule has 18 heavy (non-hydrogen) atoms. The first-order valence-corrected chi connectivity index (χ1v) is 5.87. The lowest BCUT2D eigenvalue weighted by molar-refractivity contribution is 0.0528. The van der Waals surface area contributed by atoms with Gasteiger partial charge in [-0.1, -0.05) is 11.6 Å².